The molecular formula is C27H38O5. The van der Waals surface area contributed by atoms with Crippen LogP contribution >= 0.6 is 0 Å². The van der Waals surface area contributed by atoms with Crippen molar-refractivity contribution in [1.82, 2.24) is 0 Å². The number of esters is 1. The predicted octanol–water partition coefficient (Wildman–Crippen LogP) is 6.60. The van der Waals surface area contributed by atoms with E-state index in [0.717, 1.165) is 37.7 Å². The average molecular weight is 443 g/mol. The quantitative estimate of drug-likeness (QED) is 0.237. The first kappa shape index (κ1) is 25.7. The number of hydrogen-bond acceptors (Lipinski definition) is 5. The Kier molecular flexibility index (Phi) is 9.11. The zero-order valence-electron chi connectivity index (χ0n) is 20.5. The number of carbonyl (C=O) groups is 2. The Hall–Kier alpha value is -2.56. The molecule has 1 unspecified atom stereocenters. The van der Waals surface area contributed by atoms with Gasteiger partial charge in [0.05, 0.1) is 6.42 Å². The number of rotatable bonds is 11. The molecule has 1 aromatic carbocycles. The van der Waals surface area contributed by atoms with Gasteiger partial charge >= 0.3 is 5.97 Å². The fourth-order valence-electron chi connectivity index (χ4n) is 4.01. The van der Waals surface area contributed by atoms with Gasteiger partial charge in [0, 0.05) is 12.5 Å². The van der Waals surface area contributed by atoms with Crippen LogP contribution < -0.4 is 4.74 Å². The van der Waals surface area contributed by atoms with Crippen molar-refractivity contribution in [2.45, 2.75) is 98.7 Å². The molecule has 0 aliphatic carbocycles. The summed E-state index contributed by atoms with van der Waals surface area (Å²) in [6.07, 6.45) is 10.2. The molecule has 1 atom stereocenters. The van der Waals surface area contributed by atoms with E-state index in [1.165, 1.54) is 18.1 Å². The minimum absolute atomic E-state index is 0.0456. The highest BCUT2D eigenvalue weighted by molar-refractivity contribution is 5.97. The summed E-state index contributed by atoms with van der Waals surface area (Å²) in [7, 11) is 0. The summed E-state index contributed by atoms with van der Waals surface area (Å²) in [4.78, 5) is 24.8. The Morgan fingerprint density at radius 3 is 2.47 bits per heavy atom. The summed E-state index contributed by atoms with van der Waals surface area (Å²) >= 11 is 0. The summed E-state index contributed by atoms with van der Waals surface area (Å²) in [5, 5.41) is 10.9. The number of carbonyl (C=O) groups excluding carboxylic acids is 2. The lowest BCUT2D eigenvalue weighted by atomic mass is 9.93. The number of Topliss-reactive ketones (excluding diaryl/α,β-unsaturated/α-hetero) is 1. The molecule has 1 aliphatic rings. The number of phenolic OH excluding ortho intramolecular Hbond substituents is 1. The number of aromatic hydroxyl groups is 1. The van der Waals surface area contributed by atoms with E-state index in [0.29, 0.717) is 29.7 Å². The van der Waals surface area contributed by atoms with Gasteiger partial charge < -0.3 is 14.6 Å². The van der Waals surface area contributed by atoms with Gasteiger partial charge in [-0.2, -0.15) is 0 Å². The highest BCUT2D eigenvalue weighted by Crippen LogP contribution is 2.43. The summed E-state index contributed by atoms with van der Waals surface area (Å²) in [5.74, 6) is -1.54. The highest BCUT2D eigenvalue weighted by Gasteiger charge is 2.42. The molecule has 32 heavy (non-hydrogen) atoms. The molecule has 0 bridgehead atoms. The standard InChI is InChI=1S/C27H38O5/c1-7-8-9-13-21-16-23(29)22(15-14-19(4)12-10-11-18(2)3)25-24(21)26(30)32-27(6,31-25)17-20(5)28/h11,14,16,29H,7-10,12-13,15,17H2,1-6H3. The molecule has 5 heteroatoms. The second kappa shape index (κ2) is 11.3. The number of benzene rings is 1. The number of unbranched alkanes of at least 4 members (excludes halogenated alkanes) is 2. The van der Waals surface area contributed by atoms with Gasteiger partial charge in [0.1, 0.15) is 22.8 Å². The molecule has 0 aromatic heterocycles. The molecular weight excluding hydrogens is 404 g/mol. The first-order valence-electron chi connectivity index (χ1n) is 11.6. The molecule has 2 rings (SSSR count). The number of phenols is 1. The first-order chi connectivity index (χ1) is 15.1. The average Bonchev–Trinajstić information content (AvgIpc) is 2.65. The van der Waals surface area contributed by atoms with Crippen molar-refractivity contribution in [1.29, 1.82) is 0 Å². The van der Waals surface area contributed by atoms with Crippen molar-refractivity contribution in [3.8, 4) is 11.5 Å². The SMILES string of the molecule is CCCCCc1cc(O)c(CC=C(C)CCC=C(C)C)c2c1C(=O)OC(C)(CC(C)=O)O2. The normalized spacial score (nSPS) is 17.9. The Bertz CT molecular complexity index is 905. The molecule has 176 valence electrons. The summed E-state index contributed by atoms with van der Waals surface area (Å²) in [5.41, 5.74) is 4.17. The van der Waals surface area contributed by atoms with Gasteiger partial charge in [-0.15, -0.1) is 0 Å². The van der Waals surface area contributed by atoms with Crippen LogP contribution in [0.5, 0.6) is 11.5 Å². The van der Waals surface area contributed by atoms with Crippen LogP contribution in [0.2, 0.25) is 0 Å². The van der Waals surface area contributed by atoms with E-state index in [-0.39, 0.29) is 18.0 Å². The lowest BCUT2D eigenvalue weighted by Crippen LogP contribution is -2.44. The maximum absolute atomic E-state index is 13.0. The Morgan fingerprint density at radius 2 is 1.84 bits per heavy atom. The van der Waals surface area contributed by atoms with Crippen molar-refractivity contribution in [3.05, 3.63) is 46.1 Å². The van der Waals surface area contributed by atoms with E-state index in [1.807, 2.05) is 0 Å². The smallest absolute Gasteiger partial charge is 0.345 e. The fraction of sp³-hybridized carbons (Fsp3) is 0.556. The number of aryl methyl sites for hydroxylation is 1. The topological polar surface area (TPSA) is 72.8 Å². The second-order valence-electron chi connectivity index (χ2n) is 9.27. The number of ether oxygens (including phenoxy) is 2. The largest absolute Gasteiger partial charge is 0.508 e. The minimum Gasteiger partial charge on any atom is -0.508 e. The zero-order valence-corrected chi connectivity index (χ0v) is 20.5. The summed E-state index contributed by atoms with van der Waals surface area (Å²) < 4.78 is 11.7. The molecule has 1 aromatic rings. The van der Waals surface area contributed by atoms with Crippen molar-refractivity contribution in [3.63, 3.8) is 0 Å². The summed E-state index contributed by atoms with van der Waals surface area (Å²) in [6, 6.07) is 1.68. The Balaban J connectivity index is 2.44. The number of allylic oxidation sites excluding steroid dienone is 4. The van der Waals surface area contributed by atoms with Crippen LogP contribution in [-0.4, -0.2) is 22.6 Å². The van der Waals surface area contributed by atoms with E-state index in [2.05, 4.69) is 39.8 Å². The number of hydrogen-bond donors (Lipinski definition) is 1. The first-order valence-corrected chi connectivity index (χ1v) is 11.6. The lowest BCUT2D eigenvalue weighted by Gasteiger charge is -2.36. The third-order valence-corrected chi connectivity index (χ3v) is 5.64. The third-order valence-electron chi connectivity index (χ3n) is 5.64. The van der Waals surface area contributed by atoms with Crippen LogP contribution in [0.3, 0.4) is 0 Å². The zero-order chi connectivity index (χ0) is 23.9. The van der Waals surface area contributed by atoms with Gasteiger partial charge in [0.15, 0.2) is 0 Å². The van der Waals surface area contributed by atoms with Gasteiger partial charge in [0.25, 0.3) is 5.79 Å². The van der Waals surface area contributed by atoms with Gasteiger partial charge in [0.2, 0.25) is 0 Å². The predicted molar refractivity (Wildman–Crippen MR) is 127 cm³/mol. The van der Waals surface area contributed by atoms with Crippen LogP contribution in [-0.2, 0) is 22.4 Å². The van der Waals surface area contributed by atoms with Crippen molar-refractivity contribution in [2.24, 2.45) is 0 Å². The van der Waals surface area contributed by atoms with E-state index in [4.69, 9.17) is 9.47 Å². The Labute approximate surface area is 192 Å². The monoisotopic (exact) mass is 442 g/mol. The van der Waals surface area contributed by atoms with Crippen LogP contribution in [0, 0.1) is 0 Å². The van der Waals surface area contributed by atoms with Gasteiger partial charge in [-0.25, -0.2) is 4.79 Å². The van der Waals surface area contributed by atoms with Crippen molar-refractivity contribution >= 4 is 11.8 Å². The fourth-order valence-corrected chi connectivity index (χ4v) is 4.01. The molecule has 0 saturated carbocycles. The van der Waals surface area contributed by atoms with E-state index < -0.39 is 11.8 Å². The third kappa shape index (κ3) is 6.98. The van der Waals surface area contributed by atoms with Crippen LogP contribution in [0.25, 0.3) is 0 Å². The molecule has 1 heterocycles. The van der Waals surface area contributed by atoms with Gasteiger partial charge in [-0.3, -0.25) is 4.79 Å². The number of ketones is 1. The van der Waals surface area contributed by atoms with Crippen LogP contribution in [0.1, 0.15) is 102 Å². The molecule has 1 aliphatic heterocycles. The van der Waals surface area contributed by atoms with Gasteiger partial charge in [-0.05, 0) is 71.4 Å². The molecule has 0 radical (unpaired) electrons. The highest BCUT2D eigenvalue weighted by atomic mass is 16.7. The lowest BCUT2D eigenvalue weighted by molar-refractivity contribution is -0.155. The van der Waals surface area contributed by atoms with E-state index >= 15 is 0 Å². The molecule has 0 fully saturated rings. The molecule has 1 N–H and O–H groups in total. The summed E-state index contributed by atoms with van der Waals surface area (Å²) in [6.45, 7) is 11.4. The molecule has 0 amide bonds. The number of cyclic esters (lactones) is 1. The molecule has 0 spiro atoms. The van der Waals surface area contributed by atoms with Crippen LogP contribution in [0.15, 0.2) is 29.4 Å². The van der Waals surface area contributed by atoms with E-state index in [9.17, 15) is 14.7 Å². The number of fused-ring (bicyclic) bond motifs is 1. The maximum Gasteiger partial charge on any atom is 0.345 e. The maximum atomic E-state index is 13.0. The Morgan fingerprint density at radius 1 is 1.12 bits per heavy atom. The van der Waals surface area contributed by atoms with E-state index in [1.54, 1.807) is 13.0 Å². The molecule has 0 saturated heterocycles. The van der Waals surface area contributed by atoms with Crippen molar-refractivity contribution < 1.29 is 24.2 Å². The van der Waals surface area contributed by atoms with Crippen LogP contribution in [0.4, 0.5) is 0 Å². The molecule has 5 nitrogen and oxygen atoms in total. The minimum atomic E-state index is -1.37. The van der Waals surface area contributed by atoms with Gasteiger partial charge in [-0.1, -0.05) is 43.1 Å². The second-order valence-corrected chi connectivity index (χ2v) is 9.27. The van der Waals surface area contributed by atoms with Crippen molar-refractivity contribution in [2.75, 3.05) is 0 Å².